The van der Waals surface area contributed by atoms with Gasteiger partial charge in [-0.1, -0.05) is 0 Å². The molecule has 0 spiro atoms. The first-order chi connectivity index (χ1) is 9.60. The standard InChI is InChI=1S/C17H20N2O/c1-11-8-16(20-4)12(2)7-15(11)14-9-13-5-6-19(3)17(13)18-10-14/h7-10H,5-6H2,1-4H3. The first-order valence-electron chi connectivity index (χ1n) is 6.96. The summed E-state index contributed by atoms with van der Waals surface area (Å²) in [5.41, 5.74) is 6.17. The zero-order valence-corrected chi connectivity index (χ0v) is 12.5. The summed E-state index contributed by atoms with van der Waals surface area (Å²) in [6, 6.07) is 6.57. The van der Waals surface area contributed by atoms with Crippen molar-refractivity contribution in [3.05, 3.63) is 41.1 Å². The van der Waals surface area contributed by atoms with Crippen LogP contribution in [0.5, 0.6) is 5.75 Å². The lowest BCUT2D eigenvalue weighted by Crippen LogP contribution is -2.13. The molecule has 104 valence electrons. The number of likely N-dealkylation sites (N-methyl/N-ethyl adjacent to an activating group) is 1. The molecule has 0 bridgehead atoms. The zero-order chi connectivity index (χ0) is 14.3. The Balaban J connectivity index is 2.08. The van der Waals surface area contributed by atoms with Gasteiger partial charge in [0.05, 0.1) is 7.11 Å². The van der Waals surface area contributed by atoms with Crippen LogP contribution in [0.25, 0.3) is 11.1 Å². The second-order valence-corrected chi connectivity index (χ2v) is 5.52. The van der Waals surface area contributed by atoms with E-state index in [1.54, 1.807) is 7.11 Å². The number of aromatic nitrogens is 1. The fourth-order valence-corrected chi connectivity index (χ4v) is 2.89. The van der Waals surface area contributed by atoms with Crippen molar-refractivity contribution in [2.45, 2.75) is 20.3 Å². The van der Waals surface area contributed by atoms with Gasteiger partial charge in [-0.15, -0.1) is 0 Å². The normalized spacial score (nSPS) is 13.5. The Morgan fingerprint density at radius 3 is 2.70 bits per heavy atom. The van der Waals surface area contributed by atoms with Crippen molar-refractivity contribution in [2.75, 3.05) is 25.6 Å². The van der Waals surface area contributed by atoms with Gasteiger partial charge >= 0.3 is 0 Å². The lowest BCUT2D eigenvalue weighted by molar-refractivity contribution is 0.411. The Morgan fingerprint density at radius 1 is 1.15 bits per heavy atom. The predicted molar refractivity (Wildman–Crippen MR) is 82.7 cm³/mol. The van der Waals surface area contributed by atoms with E-state index < -0.39 is 0 Å². The van der Waals surface area contributed by atoms with E-state index >= 15 is 0 Å². The number of nitrogens with zero attached hydrogens (tertiary/aromatic N) is 2. The minimum Gasteiger partial charge on any atom is -0.496 e. The molecule has 1 aliphatic heterocycles. The molecule has 2 heterocycles. The van der Waals surface area contributed by atoms with Crippen LogP contribution in [-0.4, -0.2) is 25.7 Å². The van der Waals surface area contributed by atoms with Crippen molar-refractivity contribution in [2.24, 2.45) is 0 Å². The maximum Gasteiger partial charge on any atom is 0.131 e. The third kappa shape index (κ3) is 2.03. The smallest absolute Gasteiger partial charge is 0.131 e. The van der Waals surface area contributed by atoms with Gasteiger partial charge in [-0.05, 0) is 60.7 Å². The number of fused-ring (bicyclic) bond motifs is 1. The Labute approximate surface area is 120 Å². The fourth-order valence-electron chi connectivity index (χ4n) is 2.89. The molecule has 0 amide bonds. The monoisotopic (exact) mass is 268 g/mol. The number of hydrogen-bond acceptors (Lipinski definition) is 3. The molecule has 3 heteroatoms. The van der Waals surface area contributed by atoms with Crippen LogP contribution in [0.1, 0.15) is 16.7 Å². The first-order valence-corrected chi connectivity index (χ1v) is 6.96. The molecule has 0 saturated heterocycles. The van der Waals surface area contributed by atoms with Gasteiger partial charge in [0.25, 0.3) is 0 Å². The van der Waals surface area contributed by atoms with Crippen LogP contribution >= 0.6 is 0 Å². The summed E-state index contributed by atoms with van der Waals surface area (Å²) in [5, 5.41) is 0. The number of hydrogen-bond donors (Lipinski definition) is 0. The van der Waals surface area contributed by atoms with Crippen LogP contribution < -0.4 is 9.64 Å². The predicted octanol–water partition coefficient (Wildman–Crippen LogP) is 3.37. The van der Waals surface area contributed by atoms with Crippen molar-refractivity contribution in [3.8, 4) is 16.9 Å². The van der Waals surface area contributed by atoms with E-state index in [0.717, 1.165) is 30.1 Å². The average Bonchev–Trinajstić information content (AvgIpc) is 2.82. The molecule has 2 aromatic rings. The Hall–Kier alpha value is -2.03. The first kappa shape index (κ1) is 13.0. The lowest BCUT2D eigenvalue weighted by Gasteiger charge is -2.13. The highest BCUT2D eigenvalue weighted by atomic mass is 16.5. The maximum absolute atomic E-state index is 5.38. The maximum atomic E-state index is 5.38. The number of rotatable bonds is 2. The second kappa shape index (κ2) is 4.82. The quantitative estimate of drug-likeness (QED) is 0.835. The summed E-state index contributed by atoms with van der Waals surface area (Å²) in [5.74, 6) is 2.07. The minimum absolute atomic E-state index is 0.945. The molecule has 3 rings (SSSR count). The molecular formula is C17H20N2O. The number of methoxy groups -OCH3 is 1. The summed E-state index contributed by atoms with van der Waals surface area (Å²) in [7, 11) is 3.81. The van der Waals surface area contributed by atoms with Gasteiger partial charge in [-0.2, -0.15) is 0 Å². The highest BCUT2D eigenvalue weighted by Crippen LogP contribution is 2.33. The fraction of sp³-hybridized carbons (Fsp3) is 0.353. The molecule has 0 unspecified atom stereocenters. The molecular weight excluding hydrogens is 248 g/mol. The van der Waals surface area contributed by atoms with E-state index in [9.17, 15) is 0 Å². The van der Waals surface area contributed by atoms with Crippen molar-refractivity contribution in [1.82, 2.24) is 4.98 Å². The number of benzene rings is 1. The molecule has 0 aliphatic carbocycles. The Morgan fingerprint density at radius 2 is 1.95 bits per heavy atom. The van der Waals surface area contributed by atoms with E-state index in [4.69, 9.17) is 4.74 Å². The van der Waals surface area contributed by atoms with Crippen molar-refractivity contribution in [1.29, 1.82) is 0 Å². The van der Waals surface area contributed by atoms with E-state index in [2.05, 4.69) is 49.0 Å². The molecule has 1 aliphatic rings. The lowest BCUT2D eigenvalue weighted by atomic mass is 9.98. The molecule has 20 heavy (non-hydrogen) atoms. The molecule has 0 N–H and O–H groups in total. The summed E-state index contributed by atoms with van der Waals surface area (Å²) < 4.78 is 5.38. The zero-order valence-electron chi connectivity index (χ0n) is 12.5. The number of ether oxygens (including phenoxy) is 1. The van der Waals surface area contributed by atoms with Gasteiger partial charge in [-0.3, -0.25) is 0 Å². The van der Waals surface area contributed by atoms with E-state index in [1.165, 1.54) is 22.3 Å². The highest BCUT2D eigenvalue weighted by Gasteiger charge is 2.18. The third-order valence-electron chi connectivity index (χ3n) is 4.07. The summed E-state index contributed by atoms with van der Waals surface area (Å²) in [6.45, 7) is 5.26. The van der Waals surface area contributed by atoms with Crippen LogP contribution in [0.2, 0.25) is 0 Å². The van der Waals surface area contributed by atoms with Crippen LogP contribution in [-0.2, 0) is 6.42 Å². The Kier molecular flexibility index (Phi) is 3.13. The van der Waals surface area contributed by atoms with Crippen LogP contribution in [0.4, 0.5) is 5.82 Å². The summed E-state index contributed by atoms with van der Waals surface area (Å²) >= 11 is 0. The van der Waals surface area contributed by atoms with Gasteiger partial charge in [0.15, 0.2) is 0 Å². The highest BCUT2D eigenvalue weighted by molar-refractivity contribution is 5.71. The van der Waals surface area contributed by atoms with Crippen molar-refractivity contribution >= 4 is 5.82 Å². The number of aryl methyl sites for hydroxylation is 2. The number of anilines is 1. The van der Waals surface area contributed by atoms with Gasteiger partial charge < -0.3 is 9.64 Å². The van der Waals surface area contributed by atoms with Crippen molar-refractivity contribution < 1.29 is 4.74 Å². The molecule has 0 radical (unpaired) electrons. The Bertz CT molecular complexity index is 664. The SMILES string of the molecule is COc1cc(C)c(-c2cnc3c(c2)CCN3C)cc1C. The van der Waals surface area contributed by atoms with Gasteiger partial charge in [0.2, 0.25) is 0 Å². The molecule has 1 aromatic carbocycles. The number of pyridine rings is 1. The molecule has 3 nitrogen and oxygen atoms in total. The van der Waals surface area contributed by atoms with Gasteiger partial charge in [-0.25, -0.2) is 4.98 Å². The molecule has 1 aromatic heterocycles. The average molecular weight is 268 g/mol. The van der Waals surface area contributed by atoms with E-state index in [-0.39, 0.29) is 0 Å². The van der Waals surface area contributed by atoms with Crippen LogP contribution in [0.3, 0.4) is 0 Å². The van der Waals surface area contributed by atoms with E-state index in [1.807, 2.05) is 6.20 Å². The van der Waals surface area contributed by atoms with Crippen molar-refractivity contribution in [3.63, 3.8) is 0 Å². The molecule has 0 saturated carbocycles. The third-order valence-corrected chi connectivity index (χ3v) is 4.07. The van der Waals surface area contributed by atoms with Crippen LogP contribution in [0, 0.1) is 13.8 Å². The largest absolute Gasteiger partial charge is 0.496 e. The summed E-state index contributed by atoms with van der Waals surface area (Å²) in [4.78, 5) is 6.84. The van der Waals surface area contributed by atoms with Gasteiger partial charge in [0.1, 0.15) is 11.6 Å². The second-order valence-electron chi connectivity index (χ2n) is 5.52. The minimum atomic E-state index is 0.945. The molecule has 0 fully saturated rings. The van der Waals surface area contributed by atoms with E-state index in [0.29, 0.717) is 0 Å². The van der Waals surface area contributed by atoms with Gasteiger partial charge in [0, 0.05) is 25.4 Å². The van der Waals surface area contributed by atoms with Crippen LogP contribution in [0.15, 0.2) is 24.4 Å². The molecule has 0 atom stereocenters. The topological polar surface area (TPSA) is 25.4 Å². The summed E-state index contributed by atoms with van der Waals surface area (Å²) in [6.07, 6.45) is 3.07.